The van der Waals surface area contributed by atoms with Crippen LogP contribution in [0.1, 0.15) is 0 Å². The van der Waals surface area contributed by atoms with Crippen molar-refractivity contribution >= 4 is 22.8 Å². The van der Waals surface area contributed by atoms with Gasteiger partial charge in [-0.05, 0) is 35.9 Å². The van der Waals surface area contributed by atoms with Crippen LogP contribution >= 0.6 is 0 Å². The molecule has 5 rings (SSSR count). The van der Waals surface area contributed by atoms with E-state index in [4.69, 9.17) is 0 Å². The predicted molar refractivity (Wildman–Crippen MR) is 117 cm³/mol. The van der Waals surface area contributed by atoms with Crippen molar-refractivity contribution in [2.24, 2.45) is 0 Å². The highest BCUT2D eigenvalue weighted by Gasteiger charge is 2.12. The number of fused-ring (bicyclic) bond motifs is 1. The van der Waals surface area contributed by atoms with Gasteiger partial charge in [0.2, 0.25) is 5.91 Å². The molecule has 1 amide bonds. The standard InChI is InChI=1S/C23H17N7O/c31-22(29-21-4-3-17(13-28-21)20-14-25-9-10-26-20)15-30-11-6-19-18(5-8-27-23(19)30)16-2-1-7-24-12-16/h1-14H,15H2,(H,28,29,31). The summed E-state index contributed by atoms with van der Waals surface area (Å²) in [5, 5.41) is 3.79. The van der Waals surface area contributed by atoms with Gasteiger partial charge in [-0.2, -0.15) is 0 Å². The Hall–Kier alpha value is -4.46. The number of anilines is 1. The summed E-state index contributed by atoms with van der Waals surface area (Å²) >= 11 is 0. The van der Waals surface area contributed by atoms with Crippen LogP contribution in [0.4, 0.5) is 5.82 Å². The third-order valence-electron chi connectivity index (χ3n) is 4.84. The molecule has 0 aliphatic rings. The van der Waals surface area contributed by atoms with E-state index in [9.17, 15) is 4.79 Å². The first-order chi connectivity index (χ1) is 15.3. The van der Waals surface area contributed by atoms with Gasteiger partial charge in [-0.15, -0.1) is 0 Å². The maximum absolute atomic E-state index is 12.6. The normalized spacial score (nSPS) is 10.8. The van der Waals surface area contributed by atoms with Gasteiger partial charge < -0.3 is 9.88 Å². The average molecular weight is 407 g/mol. The first-order valence-electron chi connectivity index (χ1n) is 9.64. The zero-order chi connectivity index (χ0) is 21.0. The molecule has 5 aromatic rings. The zero-order valence-corrected chi connectivity index (χ0v) is 16.4. The molecule has 0 aliphatic carbocycles. The van der Waals surface area contributed by atoms with Crippen molar-refractivity contribution in [3.05, 3.63) is 86.0 Å². The van der Waals surface area contributed by atoms with Crippen LogP contribution in [0.3, 0.4) is 0 Å². The summed E-state index contributed by atoms with van der Waals surface area (Å²) in [6.07, 6.45) is 13.7. The molecule has 0 saturated heterocycles. The molecule has 5 aromatic heterocycles. The number of nitrogens with one attached hydrogen (secondary N) is 1. The van der Waals surface area contributed by atoms with Crippen molar-refractivity contribution < 1.29 is 4.79 Å². The highest BCUT2D eigenvalue weighted by molar-refractivity contribution is 5.95. The summed E-state index contributed by atoms with van der Waals surface area (Å²) in [5.41, 5.74) is 4.32. The molecular formula is C23H17N7O. The Kier molecular flexibility index (Phi) is 4.86. The molecule has 1 N–H and O–H groups in total. The second-order valence-electron chi connectivity index (χ2n) is 6.85. The van der Waals surface area contributed by atoms with E-state index >= 15 is 0 Å². The minimum atomic E-state index is -0.189. The molecule has 0 spiro atoms. The average Bonchev–Trinajstić information content (AvgIpc) is 3.23. The Labute approximate surface area is 177 Å². The molecule has 8 heteroatoms. The van der Waals surface area contributed by atoms with Gasteiger partial charge >= 0.3 is 0 Å². The fourth-order valence-corrected chi connectivity index (χ4v) is 3.40. The minimum Gasteiger partial charge on any atom is -0.323 e. The van der Waals surface area contributed by atoms with Gasteiger partial charge in [0.05, 0.1) is 11.9 Å². The highest BCUT2D eigenvalue weighted by atomic mass is 16.2. The van der Waals surface area contributed by atoms with Gasteiger partial charge in [-0.3, -0.25) is 19.7 Å². The van der Waals surface area contributed by atoms with E-state index in [-0.39, 0.29) is 12.5 Å². The Balaban J connectivity index is 1.33. The number of carbonyl (C=O) groups is 1. The number of amides is 1. The third-order valence-corrected chi connectivity index (χ3v) is 4.84. The molecule has 0 fully saturated rings. The Morgan fingerprint density at radius 2 is 1.77 bits per heavy atom. The summed E-state index contributed by atoms with van der Waals surface area (Å²) in [4.78, 5) is 33.9. The number of pyridine rings is 3. The number of hydrogen-bond acceptors (Lipinski definition) is 6. The molecule has 0 bridgehead atoms. The van der Waals surface area contributed by atoms with E-state index in [1.807, 2.05) is 47.3 Å². The SMILES string of the molecule is O=C(Cn1ccc2c(-c3cccnc3)ccnc21)Nc1ccc(-c2cnccn2)cn1. The molecule has 0 unspecified atom stereocenters. The van der Waals surface area contributed by atoms with Crippen LogP contribution in [0.5, 0.6) is 0 Å². The number of aromatic nitrogens is 6. The second kappa shape index (κ2) is 8.11. The highest BCUT2D eigenvalue weighted by Crippen LogP contribution is 2.27. The second-order valence-corrected chi connectivity index (χ2v) is 6.85. The molecule has 0 aliphatic heterocycles. The van der Waals surface area contributed by atoms with E-state index < -0.39 is 0 Å². The quantitative estimate of drug-likeness (QED) is 0.478. The van der Waals surface area contributed by atoms with E-state index in [2.05, 4.69) is 30.2 Å². The number of nitrogens with zero attached hydrogens (tertiary/aromatic N) is 6. The Bertz CT molecular complexity index is 1330. The van der Waals surface area contributed by atoms with E-state index in [1.165, 1.54) is 0 Å². The number of hydrogen-bond donors (Lipinski definition) is 1. The smallest absolute Gasteiger partial charge is 0.245 e. The molecule has 8 nitrogen and oxygen atoms in total. The van der Waals surface area contributed by atoms with Crippen molar-refractivity contribution in [1.82, 2.24) is 29.5 Å². The van der Waals surface area contributed by atoms with Crippen LogP contribution in [0, 0.1) is 0 Å². The Morgan fingerprint density at radius 1 is 0.839 bits per heavy atom. The van der Waals surface area contributed by atoms with Gasteiger partial charge in [0, 0.05) is 59.9 Å². The molecule has 0 saturated carbocycles. The first-order valence-corrected chi connectivity index (χ1v) is 9.64. The molecule has 0 atom stereocenters. The van der Waals surface area contributed by atoms with Crippen LogP contribution in [-0.4, -0.2) is 35.4 Å². The van der Waals surface area contributed by atoms with E-state index in [0.29, 0.717) is 5.82 Å². The summed E-state index contributed by atoms with van der Waals surface area (Å²) < 4.78 is 1.82. The Morgan fingerprint density at radius 3 is 2.55 bits per heavy atom. The monoisotopic (exact) mass is 407 g/mol. The van der Waals surface area contributed by atoms with Crippen LogP contribution in [0.2, 0.25) is 0 Å². The predicted octanol–water partition coefficient (Wildman–Crippen LogP) is 3.59. The van der Waals surface area contributed by atoms with Crippen LogP contribution < -0.4 is 5.32 Å². The maximum atomic E-state index is 12.6. The van der Waals surface area contributed by atoms with Crippen molar-refractivity contribution in [3.8, 4) is 22.4 Å². The summed E-state index contributed by atoms with van der Waals surface area (Å²) in [6, 6.07) is 11.4. The maximum Gasteiger partial charge on any atom is 0.245 e. The first kappa shape index (κ1) is 18.6. The van der Waals surface area contributed by atoms with Gasteiger partial charge in [-0.1, -0.05) is 6.07 Å². The van der Waals surface area contributed by atoms with E-state index in [1.54, 1.807) is 43.2 Å². The largest absolute Gasteiger partial charge is 0.323 e. The molecule has 5 heterocycles. The molecule has 0 aromatic carbocycles. The lowest BCUT2D eigenvalue weighted by atomic mass is 10.1. The lowest BCUT2D eigenvalue weighted by molar-refractivity contribution is -0.116. The third kappa shape index (κ3) is 3.86. The molecule has 0 radical (unpaired) electrons. The van der Waals surface area contributed by atoms with Crippen LogP contribution in [0.25, 0.3) is 33.4 Å². The number of rotatable bonds is 5. The lowest BCUT2D eigenvalue weighted by Gasteiger charge is -2.08. The topological polar surface area (TPSA) is 98.5 Å². The lowest BCUT2D eigenvalue weighted by Crippen LogP contribution is -2.19. The number of carbonyl (C=O) groups excluding carboxylic acids is 1. The summed E-state index contributed by atoms with van der Waals surface area (Å²) in [6.45, 7) is 0.126. The van der Waals surface area contributed by atoms with Crippen molar-refractivity contribution in [3.63, 3.8) is 0 Å². The van der Waals surface area contributed by atoms with Crippen molar-refractivity contribution in [1.29, 1.82) is 0 Å². The summed E-state index contributed by atoms with van der Waals surface area (Å²) in [5.74, 6) is 0.281. The van der Waals surface area contributed by atoms with Crippen molar-refractivity contribution in [2.75, 3.05) is 5.32 Å². The van der Waals surface area contributed by atoms with Crippen LogP contribution in [-0.2, 0) is 11.3 Å². The molecule has 31 heavy (non-hydrogen) atoms. The van der Waals surface area contributed by atoms with E-state index in [0.717, 1.165) is 33.4 Å². The molecular weight excluding hydrogens is 390 g/mol. The fourth-order valence-electron chi connectivity index (χ4n) is 3.40. The van der Waals surface area contributed by atoms with Gasteiger partial charge in [0.1, 0.15) is 18.0 Å². The van der Waals surface area contributed by atoms with Crippen molar-refractivity contribution in [2.45, 2.75) is 6.54 Å². The molecule has 150 valence electrons. The minimum absolute atomic E-state index is 0.126. The summed E-state index contributed by atoms with van der Waals surface area (Å²) in [7, 11) is 0. The van der Waals surface area contributed by atoms with Gasteiger partial charge in [-0.25, -0.2) is 9.97 Å². The fraction of sp³-hybridized carbons (Fsp3) is 0.0435. The zero-order valence-electron chi connectivity index (χ0n) is 16.4. The van der Waals surface area contributed by atoms with Crippen LogP contribution in [0.15, 0.2) is 86.0 Å². The van der Waals surface area contributed by atoms with Gasteiger partial charge in [0.15, 0.2) is 0 Å². The van der Waals surface area contributed by atoms with Gasteiger partial charge in [0.25, 0.3) is 0 Å².